The Bertz CT molecular complexity index is 561. The monoisotopic (exact) mass is 327 g/mol. The van der Waals surface area contributed by atoms with E-state index in [1.807, 2.05) is 0 Å². The van der Waals surface area contributed by atoms with Crippen LogP contribution < -0.4 is 4.74 Å². The summed E-state index contributed by atoms with van der Waals surface area (Å²) in [6, 6.07) is 6.40. The summed E-state index contributed by atoms with van der Waals surface area (Å²) in [4.78, 5) is 3.78. The van der Waals surface area contributed by atoms with Crippen molar-refractivity contribution < 1.29 is 29.9 Å². The van der Waals surface area contributed by atoms with Crippen molar-refractivity contribution in [3.8, 4) is 5.75 Å². The van der Waals surface area contributed by atoms with Gasteiger partial charge in [-0.2, -0.15) is 0 Å². The first-order valence-corrected chi connectivity index (χ1v) is 7.03. The number of isothiocyanates is 1. The second-order valence-corrected chi connectivity index (χ2v) is 5.22. The van der Waals surface area contributed by atoms with Gasteiger partial charge in [-0.3, -0.25) is 0 Å². The smallest absolute Gasteiger partial charge is 0.288 e. The zero-order valence-electron chi connectivity index (χ0n) is 11.8. The Labute approximate surface area is 132 Å². The van der Waals surface area contributed by atoms with Crippen LogP contribution in [0.3, 0.4) is 0 Å². The third-order valence-corrected chi connectivity index (χ3v) is 3.59. The molecule has 5 atom stereocenters. The van der Waals surface area contributed by atoms with Crippen molar-refractivity contribution >= 4 is 17.4 Å². The lowest BCUT2D eigenvalue weighted by atomic mass is 9.96. The Morgan fingerprint density at radius 2 is 1.95 bits per heavy atom. The highest BCUT2D eigenvalue weighted by molar-refractivity contribution is 7.78. The van der Waals surface area contributed by atoms with Crippen molar-refractivity contribution in [1.29, 1.82) is 0 Å². The van der Waals surface area contributed by atoms with Gasteiger partial charge in [-0.05, 0) is 36.8 Å². The SMILES string of the molecule is C[C@@H]1O[C@@H](O)[C@](O)(Oc2ccc(CN=C=S)cc2)[C@H](O)[C@H]1O. The number of nitrogens with zero attached hydrogens (tertiary/aromatic N) is 1. The molecule has 0 spiro atoms. The number of aliphatic imine (C=N–C) groups is 1. The average Bonchev–Trinajstić information content (AvgIpc) is 2.51. The number of aliphatic hydroxyl groups is 4. The Morgan fingerprint density at radius 3 is 2.55 bits per heavy atom. The zero-order chi connectivity index (χ0) is 16.3. The number of hydrogen-bond acceptors (Lipinski definition) is 8. The molecule has 8 heteroatoms. The molecule has 0 bridgehead atoms. The molecule has 7 nitrogen and oxygen atoms in total. The number of benzene rings is 1. The molecular weight excluding hydrogens is 310 g/mol. The molecule has 1 aromatic carbocycles. The molecule has 0 aromatic heterocycles. The lowest BCUT2D eigenvalue weighted by molar-refractivity contribution is -0.381. The highest BCUT2D eigenvalue weighted by Crippen LogP contribution is 2.31. The van der Waals surface area contributed by atoms with Crippen molar-refractivity contribution in [3.63, 3.8) is 0 Å². The van der Waals surface area contributed by atoms with Crippen LogP contribution in [-0.4, -0.2) is 56.0 Å². The van der Waals surface area contributed by atoms with E-state index in [1.165, 1.54) is 19.1 Å². The maximum atomic E-state index is 10.3. The van der Waals surface area contributed by atoms with E-state index in [4.69, 9.17) is 9.47 Å². The van der Waals surface area contributed by atoms with Gasteiger partial charge < -0.3 is 29.9 Å². The number of aliphatic hydroxyl groups excluding tert-OH is 3. The summed E-state index contributed by atoms with van der Waals surface area (Å²) in [7, 11) is 0. The summed E-state index contributed by atoms with van der Waals surface area (Å²) < 4.78 is 10.2. The van der Waals surface area contributed by atoms with Crippen molar-refractivity contribution in [2.24, 2.45) is 4.99 Å². The van der Waals surface area contributed by atoms with E-state index in [0.29, 0.717) is 6.54 Å². The van der Waals surface area contributed by atoms with Gasteiger partial charge in [0.05, 0.1) is 17.8 Å². The normalized spacial score (nSPS) is 34.8. The average molecular weight is 327 g/mol. The fraction of sp³-hybridized carbons (Fsp3) is 0.500. The second-order valence-electron chi connectivity index (χ2n) is 5.03. The fourth-order valence-corrected chi connectivity index (χ4v) is 2.18. The molecule has 0 unspecified atom stereocenters. The Balaban J connectivity index is 2.15. The van der Waals surface area contributed by atoms with Gasteiger partial charge in [-0.25, -0.2) is 4.99 Å². The molecule has 0 radical (unpaired) electrons. The number of hydrogen-bond donors (Lipinski definition) is 4. The lowest BCUT2D eigenvalue weighted by Gasteiger charge is -2.44. The molecule has 2 rings (SSSR count). The van der Waals surface area contributed by atoms with Crippen LogP contribution in [0.15, 0.2) is 29.3 Å². The van der Waals surface area contributed by atoms with Crippen LogP contribution in [0.4, 0.5) is 0 Å². The van der Waals surface area contributed by atoms with Crippen molar-refractivity contribution in [2.45, 2.75) is 43.9 Å². The van der Waals surface area contributed by atoms with E-state index < -0.39 is 30.4 Å². The van der Waals surface area contributed by atoms with Gasteiger partial charge in [-0.15, -0.1) is 0 Å². The third-order valence-electron chi connectivity index (χ3n) is 3.46. The van der Waals surface area contributed by atoms with E-state index in [0.717, 1.165) is 5.56 Å². The predicted octanol–water partition coefficient (Wildman–Crippen LogP) is -0.184. The van der Waals surface area contributed by atoms with E-state index in [9.17, 15) is 20.4 Å². The molecule has 0 saturated carbocycles. The molecule has 120 valence electrons. The molecule has 4 N–H and O–H groups in total. The van der Waals surface area contributed by atoms with E-state index >= 15 is 0 Å². The summed E-state index contributed by atoms with van der Waals surface area (Å²) in [5.74, 6) is -2.29. The minimum absolute atomic E-state index is 0.182. The molecule has 1 fully saturated rings. The van der Waals surface area contributed by atoms with Gasteiger partial charge >= 0.3 is 0 Å². The molecule has 22 heavy (non-hydrogen) atoms. The van der Waals surface area contributed by atoms with Crippen LogP contribution in [0.25, 0.3) is 0 Å². The van der Waals surface area contributed by atoms with Gasteiger partial charge in [0.25, 0.3) is 5.79 Å². The molecule has 0 aliphatic carbocycles. The summed E-state index contributed by atoms with van der Waals surface area (Å²) >= 11 is 4.48. The highest BCUT2D eigenvalue weighted by atomic mass is 32.1. The Kier molecular flexibility index (Phi) is 5.25. The first-order chi connectivity index (χ1) is 10.4. The zero-order valence-corrected chi connectivity index (χ0v) is 12.6. The summed E-state index contributed by atoms with van der Waals surface area (Å²) in [5.41, 5.74) is 0.839. The maximum absolute atomic E-state index is 10.3. The van der Waals surface area contributed by atoms with Crippen molar-refractivity contribution in [1.82, 2.24) is 0 Å². The van der Waals surface area contributed by atoms with Crippen LogP contribution in [-0.2, 0) is 11.3 Å². The number of thiocarbonyl (C=S) groups is 1. The molecule has 1 saturated heterocycles. The molecular formula is C14H17NO6S. The predicted molar refractivity (Wildman–Crippen MR) is 79.3 cm³/mol. The molecule has 1 heterocycles. The minimum atomic E-state index is -2.47. The largest absolute Gasteiger partial charge is 0.454 e. The third kappa shape index (κ3) is 3.34. The first-order valence-electron chi connectivity index (χ1n) is 6.62. The molecule has 1 aliphatic heterocycles. The maximum Gasteiger partial charge on any atom is 0.288 e. The van der Waals surface area contributed by atoms with Gasteiger partial charge in [0.1, 0.15) is 11.9 Å². The van der Waals surface area contributed by atoms with Gasteiger partial charge in [-0.1, -0.05) is 12.1 Å². The standard InChI is InChI=1S/C14H17NO6S/c1-8-11(16)12(17)14(19,13(18)20-8)21-10-4-2-9(3-5-10)6-15-7-22/h2-5,8,11-13,16-19H,6H2,1H3/t8-,11-,12+,13+,14+/m0/s1. The second kappa shape index (κ2) is 6.80. The summed E-state index contributed by atoms with van der Waals surface area (Å²) in [5, 5.41) is 42.1. The van der Waals surface area contributed by atoms with Gasteiger partial charge in [0.2, 0.25) is 6.29 Å². The summed E-state index contributed by atoms with van der Waals surface area (Å²) in [6.45, 7) is 1.82. The number of ether oxygens (including phenoxy) is 2. The fourth-order valence-electron chi connectivity index (χ4n) is 2.11. The van der Waals surface area contributed by atoms with E-state index in [2.05, 4.69) is 22.4 Å². The quantitative estimate of drug-likeness (QED) is 0.345. The molecule has 1 aliphatic rings. The summed E-state index contributed by atoms with van der Waals surface area (Å²) in [6.07, 6.45) is -5.78. The van der Waals surface area contributed by atoms with Crippen molar-refractivity contribution in [2.75, 3.05) is 0 Å². The Hall–Kier alpha value is -1.38. The van der Waals surface area contributed by atoms with Gasteiger partial charge in [0, 0.05) is 0 Å². The Morgan fingerprint density at radius 1 is 1.32 bits per heavy atom. The van der Waals surface area contributed by atoms with E-state index in [1.54, 1.807) is 12.1 Å². The van der Waals surface area contributed by atoms with Crippen molar-refractivity contribution in [3.05, 3.63) is 29.8 Å². The molecule has 0 amide bonds. The van der Waals surface area contributed by atoms with Crippen LogP contribution in [0.2, 0.25) is 0 Å². The van der Waals surface area contributed by atoms with Crippen LogP contribution in [0, 0.1) is 0 Å². The minimum Gasteiger partial charge on any atom is -0.454 e. The van der Waals surface area contributed by atoms with Gasteiger partial charge in [0.15, 0.2) is 6.10 Å². The first kappa shape index (κ1) is 17.0. The number of rotatable bonds is 4. The molecule has 1 aromatic rings. The lowest BCUT2D eigenvalue weighted by Crippen LogP contribution is -2.68. The van der Waals surface area contributed by atoms with Crippen LogP contribution in [0.5, 0.6) is 5.75 Å². The topological polar surface area (TPSA) is 112 Å². The van der Waals surface area contributed by atoms with E-state index in [-0.39, 0.29) is 5.75 Å². The highest BCUT2D eigenvalue weighted by Gasteiger charge is 2.55. The van der Waals surface area contributed by atoms with Crippen LogP contribution >= 0.6 is 12.2 Å². The van der Waals surface area contributed by atoms with Crippen LogP contribution in [0.1, 0.15) is 12.5 Å².